The van der Waals surface area contributed by atoms with Gasteiger partial charge in [-0.3, -0.25) is 10.2 Å². The van der Waals surface area contributed by atoms with Crippen LogP contribution in [0.25, 0.3) is 0 Å². The highest BCUT2D eigenvalue weighted by molar-refractivity contribution is 6.32. The lowest BCUT2D eigenvalue weighted by atomic mass is 10.2. The number of nitrogens with zero attached hydrogens (tertiary/aromatic N) is 2. The van der Waals surface area contributed by atoms with E-state index < -0.39 is 5.56 Å². The van der Waals surface area contributed by atoms with Crippen LogP contribution in [0.5, 0.6) is 5.75 Å². The number of nitrogens with one attached hydrogen (secondary N) is 2. The fraction of sp³-hybridized carbons (Fsp3) is 0.0556. The number of aromatic nitrogens is 2. The number of hydrazone groups is 1. The van der Waals surface area contributed by atoms with Gasteiger partial charge in [-0.25, -0.2) is 5.10 Å². The molecule has 0 unspecified atom stereocenters. The Morgan fingerprint density at radius 3 is 2.68 bits per heavy atom. The number of benzene rings is 2. The van der Waals surface area contributed by atoms with Crippen molar-refractivity contribution in [3.63, 3.8) is 0 Å². The fourth-order valence-electron chi connectivity index (χ4n) is 2.03. The van der Waals surface area contributed by atoms with Gasteiger partial charge < -0.3 is 4.74 Å². The number of halogens is 1. The molecule has 126 valence electrons. The molecule has 0 aliphatic heterocycles. The monoisotopic (exact) mass is 354 g/mol. The van der Waals surface area contributed by atoms with Crippen molar-refractivity contribution in [2.45, 2.75) is 6.61 Å². The molecule has 1 heterocycles. The average molecular weight is 355 g/mol. The second-order valence-electron chi connectivity index (χ2n) is 5.14. The maximum atomic E-state index is 11.3. The van der Waals surface area contributed by atoms with E-state index in [-0.39, 0.29) is 5.02 Å². The van der Waals surface area contributed by atoms with Gasteiger partial charge in [-0.05, 0) is 35.4 Å². The van der Waals surface area contributed by atoms with Gasteiger partial charge in [0.05, 0.1) is 12.4 Å². The number of anilines is 1. The summed E-state index contributed by atoms with van der Waals surface area (Å²) in [6.07, 6.45) is 3.00. The van der Waals surface area contributed by atoms with Crippen LogP contribution in [-0.2, 0) is 6.61 Å². The number of hydrogen-bond donors (Lipinski definition) is 2. The van der Waals surface area contributed by atoms with Crippen LogP contribution in [0.1, 0.15) is 11.1 Å². The Kier molecular flexibility index (Phi) is 5.43. The van der Waals surface area contributed by atoms with E-state index in [2.05, 4.69) is 20.7 Å². The summed E-state index contributed by atoms with van der Waals surface area (Å²) in [5.74, 6) is 0.774. The van der Waals surface area contributed by atoms with Crippen molar-refractivity contribution in [3.8, 4) is 5.75 Å². The molecule has 2 aromatic carbocycles. The van der Waals surface area contributed by atoms with Crippen molar-refractivity contribution >= 4 is 23.5 Å². The molecule has 25 heavy (non-hydrogen) atoms. The van der Waals surface area contributed by atoms with Crippen LogP contribution in [0.2, 0.25) is 5.02 Å². The van der Waals surface area contributed by atoms with E-state index in [1.54, 1.807) is 6.21 Å². The van der Waals surface area contributed by atoms with Crippen molar-refractivity contribution in [1.82, 2.24) is 10.2 Å². The maximum absolute atomic E-state index is 11.3. The van der Waals surface area contributed by atoms with Gasteiger partial charge >= 0.3 is 0 Å². The number of ether oxygens (including phenoxy) is 1. The van der Waals surface area contributed by atoms with Crippen LogP contribution in [-0.4, -0.2) is 16.4 Å². The SMILES string of the molecule is O=c1[nH]ncc(N/N=C\c2ccc(OCc3ccccc3)cc2)c1Cl. The Bertz CT molecular complexity index is 908. The predicted molar refractivity (Wildman–Crippen MR) is 98.3 cm³/mol. The summed E-state index contributed by atoms with van der Waals surface area (Å²) in [4.78, 5) is 11.3. The first kappa shape index (κ1) is 16.7. The number of hydrogen-bond acceptors (Lipinski definition) is 5. The van der Waals surface area contributed by atoms with Crippen LogP contribution in [0.3, 0.4) is 0 Å². The first-order valence-electron chi connectivity index (χ1n) is 7.51. The van der Waals surface area contributed by atoms with E-state index >= 15 is 0 Å². The molecule has 0 bridgehead atoms. The summed E-state index contributed by atoms with van der Waals surface area (Å²) >= 11 is 5.84. The highest BCUT2D eigenvalue weighted by atomic mass is 35.5. The summed E-state index contributed by atoms with van der Waals surface area (Å²) in [7, 11) is 0. The highest BCUT2D eigenvalue weighted by Gasteiger charge is 2.02. The normalized spacial score (nSPS) is 10.8. The van der Waals surface area contributed by atoms with Gasteiger partial charge in [0, 0.05) is 0 Å². The third-order valence-electron chi connectivity index (χ3n) is 3.32. The molecular formula is C18H15ClN4O2. The molecule has 0 saturated carbocycles. The summed E-state index contributed by atoms with van der Waals surface area (Å²) in [6, 6.07) is 17.5. The molecule has 0 spiro atoms. The van der Waals surface area contributed by atoms with Crippen molar-refractivity contribution in [2.24, 2.45) is 5.10 Å². The Balaban J connectivity index is 1.57. The van der Waals surface area contributed by atoms with E-state index in [4.69, 9.17) is 16.3 Å². The summed E-state index contributed by atoms with van der Waals surface area (Å²) in [5, 5.41) is 9.94. The molecule has 2 N–H and O–H groups in total. The zero-order valence-electron chi connectivity index (χ0n) is 13.1. The maximum Gasteiger partial charge on any atom is 0.285 e. The number of aromatic amines is 1. The molecule has 3 rings (SSSR count). The Labute approximate surface area is 149 Å². The molecule has 7 heteroatoms. The van der Waals surface area contributed by atoms with Crippen LogP contribution in [0.4, 0.5) is 5.69 Å². The second-order valence-corrected chi connectivity index (χ2v) is 5.52. The van der Waals surface area contributed by atoms with Gasteiger partial charge in [0.25, 0.3) is 5.56 Å². The number of H-pyrrole nitrogens is 1. The van der Waals surface area contributed by atoms with Crippen LogP contribution in [0, 0.1) is 0 Å². The zero-order chi connectivity index (χ0) is 17.5. The lowest BCUT2D eigenvalue weighted by Gasteiger charge is -2.06. The minimum absolute atomic E-state index is 0.0109. The summed E-state index contributed by atoms with van der Waals surface area (Å²) in [6.45, 7) is 0.518. The topological polar surface area (TPSA) is 79.4 Å². The molecule has 0 aliphatic carbocycles. The predicted octanol–water partition coefficient (Wildman–Crippen LogP) is 3.45. The van der Waals surface area contributed by atoms with Crippen molar-refractivity contribution in [3.05, 3.63) is 87.3 Å². The van der Waals surface area contributed by atoms with E-state index in [0.29, 0.717) is 12.3 Å². The third-order valence-corrected chi connectivity index (χ3v) is 3.70. The van der Waals surface area contributed by atoms with E-state index in [1.165, 1.54) is 6.20 Å². The quantitative estimate of drug-likeness (QED) is 0.525. The van der Waals surface area contributed by atoms with Crippen molar-refractivity contribution in [2.75, 3.05) is 5.43 Å². The average Bonchev–Trinajstić information content (AvgIpc) is 2.65. The molecule has 0 fully saturated rings. The van der Waals surface area contributed by atoms with E-state index in [1.807, 2.05) is 54.6 Å². The van der Waals surface area contributed by atoms with Crippen LogP contribution >= 0.6 is 11.6 Å². The Morgan fingerprint density at radius 1 is 1.16 bits per heavy atom. The van der Waals surface area contributed by atoms with Gasteiger partial charge in [-0.15, -0.1) is 0 Å². The minimum atomic E-state index is -0.471. The smallest absolute Gasteiger partial charge is 0.285 e. The lowest BCUT2D eigenvalue weighted by Crippen LogP contribution is -2.10. The van der Waals surface area contributed by atoms with Crippen molar-refractivity contribution < 1.29 is 4.74 Å². The lowest BCUT2D eigenvalue weighted by molar-refractivity contribution is 0.306. The fourth-order valence-corrected chi connectivity index (χ4v) is 2.16. The van der Waals surface area contributed by atoms with Gasteiger partial charge in [-0.1, -0.05) is 41.9 Å². The largest absolute Gasteiger partial charge is 0.489 e. The van der Waals surface area contributed by atoms with Gasteiger partial charge in [0.1, 0.15) is 23.1 Å². The molecule has 0 atom stereocenters. The summed E-state index contributed by atoms with van der Waals surface area (Å²) < 4.78 is 5.73. The van der Waals surface area contributed by atoms with Crippen LogP contribution in [0.15, 0.2) is 70.7 Å². The Morgan fingerprint density at radius 2 is 1.92 bits per heavy atom. The first-order valence-corrected chi connectivity index (χ1v) is 7.89. The van der Waals surface area contributed by atoms with Crippen LogP contribution < -0.4 is 15.7 Å². The van der Waals surface area contributed by atoms with Gasteiger partial charge in [0.15, 0.2) is 0 Å². The molecule has 0 saturated heterocycles. The highest BCUT2D eigenvalue weighted by Crippen LogP contribution is 2.15. The first-order chi connectivity index (χ1) is 12.2. The van der Waals surface area contributed by atoms with Gasteiger partial charge in [-0.2, -0.15) is 10.2 Å². The molecule has 0 radical (unpaired) electrons. The van der Waals surface area contributed by atoms with Crippen molar-refractivity contribution in [1.29, 1.82) is 0 Å². The molecule has 1 aromatic heterocycles. The molecule has 3 aromatic rings. The minimum Gasteiger partial charge on any atom is -0.489 e. The van der Waals surface area contributed by atoms with E-state index in [0.717, 1.165) is 16.9 Å². The molecule has 0 aliphatic rings. The Hall–Kier alpha value is -3.12. The molecular weight excluding hydrogens is 340 g/mol. The third kappa shape index (κ3) is 4.68. The zero-order valence-corrected chi connectivity index (χ0v) is 13.9. The number of rotatable bonds is 6. The summed E-state index contributed by atoms with van der Waals surface area (Å²) in [5.41, 5.74) is 4.53. The van der Waals surface area contributed by atoms with Gasteiger partial charge in [0.2, 0.25) is 0 Å². The standard InChI is InChI=1S/C18H15ClN4O2/c19-17-16(11-21-23-18(17)24)22-20-10-13-6-8-15(9-7-13)25-12-14-4-2-1-3-5-14/h1-11H,12H2,(H2,22,23,24)/b20-10-. The second kappa shape index (κ2) is 8.12. The molecule has 0 amide bonds. The van der Waals surface area contributed by atoms with E-state index in [9.17, 15) is 4.79 Å². The molecule has 6 nitrogen and oxygen atoms in total.